The Morgan fingerprint density at radius 1 is 1.15 bits per heavy atom. The van der Waals surface area contributed by atoms with Crippen LogP contribution in [0.2, 0.25) is 5.02 Å². The first-order valence-electron chi connectivity index (χ1n) is 8.63. The molecule has 7 nitrogen and oxygen atoms in total. The zero-order valence-corrected chi connectivity index (χ0v) is 15.8. The number of amides is 2. The summed E-state index contributed by atoms with van der Waals surface area (Å²) in [6.07, 6.45) is 6.81. The van der Waals surface area contributed by atoms with Gasteiger partial charge < -0.3 is 14.5 Å². The number of benzene rings is 1. The van der Waals surface area contributed by atoms with Gasteiger partial charge in [-0.05, 0) is 30.3 Å². The van der Waals surface area contributed by atoms with Crippen LogP contribution in [0.5, 0.6) is 5.75 Å². The first kappa shape index (κ1) is 19.0. The molecule has 1 aliphatic heterocycles. The fourth-order valence-corrected chi connectivity index (χ4v) is 2.87. The zero-order chi connectivity index (χ0) is 19.2. The lowest BCUT2D eigenvalue weighted by atomic mass is 10.2. The summed E-state index contributed by atoms with van der Waals surface area (Å²) in [4.78, 5) is 28.0. The van der Waals surface area contributed by atoms with Gasteiger partial charge in [0.05, 0.1) is 6.20 Å². The number of aromatic nitrogens is 2. The van der Waals surface area contributed by atoms with Crippen molar-refractivity contribution in [2.75, 3.05) is 32.8 Å². The molecule has 2 amide bonds. The van der Waals surface area contributed by atoms with Crippen LogP contribution in [0.3, 0.4) is 0 Å². The topological polar surface area (TPSA) is 67.7 Å². The molecule has 8 heteroatoms. The molecule has 1 saturated heterocycles. The highest BCUT2D eigenvalue weighted by Crippen LogP contribution is 2.15. The Balaban J connectivity index is 1.43. The van der Waals surface area contributed by atoms with Crippen molar-refractivity contribution in [3.05, 3.63) is 53.3 Å². The van der Waals surface area contributed by atoms with Crippen molar-refractivity contribution in [1.29, 1.82) is 0 Å². The zero-order valence-electron chi connectivity index (χ0n) is 15.0. The molecule has 1 aliphatic rings. The number of ether oxygens (including phenoxy) is 1. The number of carbonyl (C=O) groups is 2. The number of piperazine rings is 1. The van der Waals surface area contributed by atoms with Crippen LogP contribution in [0.25, 0.3) is 6.08 Å². The maximum absolute atomic E-state index is 12.3. The molecule has 0 N–H and O–H groups in total. The molecule has 0 aliphatic carbocycles. The summed E-state index contributed by atoms with van der Waals surface area (Å²) in [6, 6.07) is 6.87. The lowest BCUT2D eigenvalue weighted by Gasteiger charge is -2.34. The molecule has 0 bridgehead atoms. The summed E-state index contributed by atoms with van der Waals surface area (Å²) >= 11 is 5.82. The third-order valence-electron chi connectivity index (χ3n) is 4.26. The molecule has 1 aromatic heterocycles. The number of nitrogens with zero attached hydrogens (tertiary/aromatic N) is 4. The molecule has 3 rings (SSSR count). The maximum Gasteiger partial charge on any atom is 0.260 e. The van der Waals surface area contributed by atoms with Crippen molar-refractivity contribution in [3.8, 4) is 5.75 Å². The van der Waals surface area contributed by atoms with E-state index >= 15 is 0 Å². The fraction of sp³-hybridized carbons (Fsp3) is 0.316. The summed E-state index contributed by atoms with van der Waals surface area (Å²) in [5, 5.41) is 4.68. The predicted molar refractivity (Wildman–Crippen MR) is 102 cm³/mol. The molecule has 2 heterocycles. The number of hydrogen-bond acceptors (Lipinski definition) is 4. The van der Waals surface area contributed by atoms with E-state index in [0.717, 1.165) is 5.56 Å². The third-order valence-corrected chi connectivity index (χ3v) is 4.52. The van der Waals surface area contributed by atoms with E-state index in [1.54, 1.807) is 51.0 Å². The standard InChI is InChI=1S/C19H21ClN4O3/c1-22-13-15(12-21-22)2-7-18(25)23-8-10-24(11-9-23)19(26)14-27-17-5-3-16(20)4-6-17/h2-7,12-13H,8-11,14H2,1H3/b7-2+. The monoisotopic (exact) mass is 388 g/mol. The number of rotatable bonds is 5. The van der Waals surface area contributed by atoms with Gasteiger partial charge in [-0.1, -0.05) is 11.6 Å². The molecular weight excluding hydrogens is 368 g/mol. The Morgan fingerprint density at radius 2 is 1.81 bits per heavy atom. The van der Waals surface area contributed by atoms with Crippen molar-refractivity contribution >= 4 is 29.5 Å². The second kappa shape index (κ2) is 8.73. The molecule has 0 spiro atoms. The molecule has 142 valence electrons. The van der Waals surface area contributed by atoms with Gasteiger partial charge in [0, 0.05) is 56.1 Å². The smallest absolute Gasteiger partial charge is 0.260 e. The summed E-state index contributed by atoms with van der Waals surface area (Å²) in [5.41, 5.74) is 0.874. The Kier molecular flexibility index (Phi) is 6.13. The number of aryl methyl sites for hydroxylation is 1. The van der Waals surface area contributed by atoms with Crippen LogP contribution in [0, 0.1) is 0 Å². The van der Waals surface area contributed by atoms with Gasteiger partial charge in [-0.3, -0.25) is 14.3 Å². The van der Waals surface area contributed by atoms with Crippen molar-refractivity contribution < 1.29 is 14.3 Å². The Morgan fingerprint density at radius 3 is 2.44 bits per heavy atom. The first-order chi connectivity index (χ1) is 13.0. The van der Waals surface area contributed by atoms with E-state index < -0.39 is 0 Å². The van der Waals surface area contributed by atoms with E-state index in [2.05, 4.69) is 5.10 Å². The third kappa shape index (κ3) is 5.34. The summed E-state index contributed by atoms with van der Waals surface area (Å²) in [5.74, 6) is 0.438. The highest BCUT2D eigenvalue weighted by Gasteiger charge is 2.23. The van der Waals surface area contributed by atoms with E-state index in [-0.39, 0.29) is 18.4 Å². The highest BCUT2D eigenvalue weighted by molar-refractivity contribution is 6.30. The minimum absolute atomic E-state index is 0.0313. The highest BCUT2D eigenvalue weighted by atomic mass is 35.5. The van der Waals surface area contributed by atoms with E-state index in [4.69, 9.17) is 16.3 Å². The molecule has 1 fully saturated rings. The average Bonchev–Trinajstić information content (AvgIpc) is 3.11. The molecule has 1 aromatic carbocycles. The quantitative estimate of drug-likeness (QED) is 0.733. The number of carbonyl (C=O) groups excluding carboxylic acids is 2. The van der Waals surface area contributed by atoms with Crippen LogP contribution in [-0.2, 0) is 16.6 Å². The molecular formula is C19H21ClN4O3. The van der Waals surface area contributed by atoms with E-state index in [0.29, 0.717) is 37.0 Å². The van der Waals surface area contributed by atoms with Gasteiger partial charge in [0.15, 0.2) is 6.61 Å². The van der Waals surface area contributed by atoms with Crippen molar-refractivity contribution in [1.82, 2.24) is 19.6 Å². The SMILES string of the molecule is Cn1cc(/C=C/C(=O)N2CCN(C(=O)COc3ccc(Cl)cc3)CC2)cn1. The lowest BCUT2D eigenvalue weighted by Crippen LogP contribution is -2.51. The Labute approximate surface area is 162 Å². The van der Waals surface area contributed by atoms with Crippen LogP contribution in [0.4, 0.5) is 0 Å². The first-order valence-corrected chi connectivity index (χ1v) is 9.01. The van der Waals surface area contributed by atoms with E-state index in [9.17, 15) is 9.59 Å². The van der Waals surface area contributed by atoms with Crippen molar-refractivity contribution in [2.24, 2.45) is 7.05 Å². The van der Waals surface area contributed by atoms with Gasteiger partial charge in [0.1, 0.15) is 5.75 Å². The number of hydrogen-bond donors (Lipinski definition) is 0. The fourth-order valence-electron chi connectivity index (χ4n) is 2.74. The molecule has 0 atom stereocenters. The summed E-state index contributed by atoms with van der Waals surface area (Å²) in [7, 11) is 1.83. The van der Waals surface area contributed by atoms with Crippen molar-refractivity contribution in [2.45, 2.75) is 0 Å². The molecule has 0 radical (unpaired) electrons. The van der Waals surface area contributed by atoms with Gasteiger partial charge >= 0.3 is 0 Å². The predicted octanol–water partition coefficient (Wildman–Crippen LogP) is 1.84. The second-order valence-electron chi connectivity index (χ2n) is 6.23. The minimum Gasteiger partial charge on any atom is -0.484 e. The van der Waals surface area contributed by atoms with Gasteiger partial charge in [-0.2, -0.15) is 5.10 Å². The van der Waals surface area contributed by atoms with Gasteiger partial charge in [-0.15, -0.1) is 0 Å². The lowest BCUT2D eigenvalue weighted by molar-refractivity contribution is -0.138. The van der Waals surface area contributed by atoms with E-state index in [1.165, 1.54) is 6.08 Å². The van der Waals surface area contributed by atoms with Gasteiger partial charge in [0.25, 0.3) is 5.91 Å². The Bertz CT molecular complexity index is 824. The largest absolute Gasteiger partial charge is 0.484 e. The normalized spacial score (nSPS) is 14.6. The van der Waals surface area contributed by atoms with Crippen LogP contribution < -0.4 is 4.74 Å². The van der Waals surface area contributed by atoms with Crippen LogP contribution >= 0.6 is 11.6 Å². The van der Waals surface area contributed by atoms with E-state index in [1.807, 2.05) is 13.2 Å². The summed E-state index contributed by atoms with van der Waals surface area (Å²) in [6.45, 7) is 1.97. The van der Waals surface area contributed by atoms with Crippen LogP contribution in [0.15, 0.2) is 42.7 Å². The second-order valence-corrected chi connectivity index (χ2v) is 6.67. The van der Waals surface area contributed by atoms with Crippen LogP contribution in [0.1, 0.15) is 5.56 Å². The van der Waals surface area contributed by atoms with Gasteiger partial charge in [-0.25, -0.2) is 0 Å². The maximum atomic E-state index is 12.3. The summed E-state index contributed by atoms with van der Waals surface area (Å²) < 4.78 is 7.17. The van der Waals surface area contributed by atoms with Gasteiger partial charge in [0.2, 0.25) is 5.91 Å². The van der Waals surface area contributed by atoms with Crippen molar-refractivity contribution in [3.63, 3.8) is 0 Å². The molecule has 27 heavy (non-hydrogen) atoms. The Hall–Kier alpha value is -2.80. The van der Waals surface area contributed by atoms with Crippen LogP contribution in [-0.4, -0.2) is 64.2 Å². The number of halogens is 1. The molecule has 0 unspecified atom stereocenters. The molecule has 0 saturated carbocycles. The average molecular weight is 389 g/mol. The minimum atomic E-state index is -0.0945. The molecule has 2 aromatic rings.